The summed E-state index contributed by atoms with van der Waals surface area (Å²) in [6, 6.07) is 7.35. The lowest BCUT2D eigenvalue weighted by Crippen LogP contribution is -2.29. The van der Waals surface area contributed by atoms with Crippen molar-refractivity contribution in [2.75, 3.05) is 29.1 Å². The molecule has 1 aromatic carbocycles. The first kappa shape index (κ1) is 18.8. The second-order valence-corrected chi connectivity index (χ2v) is 7.91. The molecule has 0 aromatic heterocycles. The number of rotatable bonds is 7. The van der Waals surface area contributed by atoms with E-state index in [2.05, 4.69) is 5.32 Å². The first-order valence-electron chi connectivity index (χ1n) is 8.72. The number of hydrogen-bond acceptors (Lipinski definition) is 5. The van der Waals surface area contributed by atoms with Crippen LogP contribution in [0.15, 0.2) is 24.3 Å². The lowest BCUT2D eigenvalue weighted by Gasteiger charge is -2.16. The van der Waals surface area contributed by atoms with Gasteiger partial charge in [0.2, 0.25) is 17.7 Å². The van der Waals surface area contributed by atoms with Crippen LogP contribution in [-0.2, 0) is 14.4 Å². The molecule has 1 N–H and O–H groups in total. The van der Waals surface area contributed by atoms with Crippen LogP contribution in [0.1, 0.15) is 32.1 Å². The van der Waals surface area contributed by atoms with E-state index in [-0.39, 0.29) is 17.7 Å². The zero-order chi connectivity index (χ0) is 18.5. The van der Waals surface area contributed by atoms with Crippen LogP contribution < -0.4 is 10.2 Å². The fraction of sp³-hybridized carbons (Fsp3) is 0.444. The Morgan fingerprint density at radius 2 is 1.92 bits per heavy atom. The number of hydrogen-bond donors (Lipinski definition) is 1. The highest BCUT2D eigenvalue weighted by Crippen LogP contribution is 2.23. The zero-order valence-electron chi connectivity index (χ0n) is 14.4. The maximum absolute atomic E-state index is 12.0. The van der Waals surface area contributed by atoms with Gasteiger partial charge in [-0.3, -0.25) is 19.3 Å². The second-order valence-electron chi connectivity index (χ2n) is 6.30. The zero-order valence-corrected chi connectivity index (χ0v) is 16.0. The Bertz CT molecular complexity index is 705. The van der Waals surface area contributed by atoms with Gasteiger partial charge in [0.05, 0.1) is 5.75 Å². The number of amides is 3. The number of unbranched alkanes of at least 4 members (excludes halogenated alkanes) is 1. The van der Waals surface area contributed by atoms with Crippen LogP contribution in [0.25, 0.3) is 0 Å². The number of carbonyl (C=O) groups is 3. The van der Waals surface area contributed by atoms with Gasteiger partial charge >= 0.3 is 0 Å². The topological polar surface area (TPSA) is 69.7 Å². The third-order valence-electron chi connectivity index (χ3n) is 4.41. The van der Waals surface area contributed by atoms with Crippen molar-refractivity contribution in [2.24, 2.45) is 0 Å². The van der Waals surface area contributed by atoms with Crippen LogP contribution >= 0.6 is 24.0 Å². The molecule has 2 aliphatic rings. The van der Waals surface area contributed by atoms with Gasteiger partial charge < -0.3 is 10.2 Å². The predicted octanol–water partition coefficient (Wildman–Crippen LogP) is 2.78. The summed E-state index contributed by atoms with van der Waals surface area (Å²) in [4.78, 5) is 38.8. The van der Waals surface area contributed by atoms with Gasteiger partial charge in [0.15, 0.2) is 0 Å². The molecule has 2 saturated heterocycles. The summed E-state index contributed by atoms with van der Waals surface area (Å²) < 4.78 is 0.635. The molecule has 0 atom stereocenters. The monoisotopic (exact) mass is 391 g/mol. The number of carbonyl (C=O) groups excluding carboxylic acids is 3. The van der Waals surface area contributed by atoms with Crippen molar-refractivity contribution in [1.29, 1.82) is 0 Å². The van der Waals surface area contributed by atoms with Crippen molar-refractivity contribution in [3.8, 4) is 0 Å². The summed E-state index contributed by atoms with van der Waals surface area (Å²) >= 11 is 6.52. The molecular weight excluding hydrogens is 370 g/mol. The fourth-order valence-corrected chi connectivity index (χ4v) is 4.14. The Morgan fingerprint density at radius 1 is 1.15 bits per heavy atom. The van der Waals surface area contributed by atoms with Gasteiger partial charge in [-0.1, -0.05) is 24.0 Å². The van der Waals surface area contributed by atoms with Crippen LogP contribution in [0.3, 0.4) is 0 Å². The minimum atomic E-state index is -0.0558. The Balaban J connectivity index is 1.40. The van der Waals surface area contributed by atoms with E-state index in [0.717, 1.165) is 30.8 Å². The van der Waals surface area contributed by atoms with E-state index in [1.165, 1.54) is 11.8 Å². The lowest BCUT2D eigenvalue weighted by atomic mass is 10.2. The van der Waals surface area contributed by atoms with Gasteiger partial charge in [0, 0.05) is 37.3 Å². The van der Waals surface area contributed by atoms with Crippen molar-refractivity contribution in [2.45, 2.75) is 32.1 Å². The number of nitrogens with one attached hydrogen (secondary N) is 1. The van der Waals surface area contributed by atoms with Gasteiger partial charge in [-0.2, -0.15) is 0 Å². The normalized spacial score (nSPS) is 17.3. The molecule has 0 saturated carbocycles. The predicted molar refractivity (Wildman–Crippen MR) is 107 cm³/mol. The highest BCUT2D eigenvalue weighted by atomic mass is 32.2. The second kappa shape index (κ2) is 8.64. The van der Waals surface area contributed by atoms with E-state index in [4.69, 9.17) is 12.2 Å². The third kappa shape index (κ3) is 4.62. The van der Waals surface area contributed by atoms with Crippen molar-refractivity contribution in [3.05, 3.63) is 24.3 Å². The summed E-state index contributed by atoms with van der Waals surface area (Å²) in [6.07, 6.45) is 3.34. The minimum Gasteiger partial charge on any atom is -0.326 e. The van der Waals surface area contributed by atoms with E-state index in [1.807, 2.05) is 24.3 Å². The Labute approximate surface area is 162 Å². The number of anilines is 2. The molecule has 0 radical (unpaired) electrons. The highest BCUT2D eigenvalue weighted by Gasteiger charge is 2.25. The largest absolute Gasteiger partial charge is 0.326 e. The quantitative estimate of drug-likeness (QED) is 0.572. The smallest absolute Gasteiger partial charge is 0.238 e. The number of nitrogens with zero attached hydrogens (tertiary/aromatic N) is 2. The summed E-state index contributed by atoms with van der Waals surface area (Å²) in [6.45, 7) is 1.34. The maximum Gasteiger partial charge on any atom is 0.238 e. The highest BCUT2D eigenvalue weighted by molar-refractivity contribution is 8.23. The van der Waals surface area contributed by atoms with Gasteiger partial charge in [-0.15, -0.1) is 0 Å². The Morgan fingerprint density at radius 3 is 2.54 bits per heavy atom. The third-order valence-corrected chi connectivity index (χ3v) is 5.84. The molecule has 1 aromatic rings. The molecule has 2 heterocycles. The van der Waals surface area contributed by atoms with Gasteiger partial charge in [0.1, 0.15) is 4.32 Å². The van der Waals surface area contributed by atoms with E-state index < -0.39 is 0 Å². The average molecular weight is 392 g/mol. The number of benzene rings is 1. The molecule has 0 spiro atoms. The van der Waals surface area contributed by atoms with Crippen LogP contribution in [0.4, 0.5) is 11.4 Å². The molecule has 0 bridgehead atoms. The van der Waals surface area contributed by atoms with Crippen LogP contribution in [0.2, 0.25) is 0 Å². The van der Waals surface area contributed by atoms with E-state index >= 15 is 0 Å². The molecule has 6 nitrogen and oxygen atoms in total. The van der Waals surface area contributed by atoms with Gasteiger partial charge in [-0.05, 0) is 43.5 Å². The van der Waals surface area contributed by atoms with Crippen LogP contribution in [0, 0.1) is 0 Å². The lowest BCUT2D eigenvalue weighted by molar-refractivity contribution is -0.124. The summed E-state index contributed by atoms with van der Waals surface area (Å²) in [7, 11) is 0. The van der Waals surface area contributed by atoms with Crippen molar-refractivity contribution in [3.63, 3.8) is 0 Å². The first-order chi connectivity index (χ1) is 12.5. The van der Waals surface area contributed by atoms with Crippen LogP contribution in [0.5, 0.6) is 0 Å². The maximum atomic E-state index is 12.0. The Hall–Kier alpha value is -1.93. The first-order valence-corrected chi connectivity index (χ1v) is 10.1. The summed E-state index contributed by atoms with van der Waals surface area (Å²) in [5.74, 6) is 0.579. The van der Waals surface area contributed by atoms with Crippen LogP contribution in [-0.4, -0.2) is 45.8 Å². The van der Waals surface area contributed by atoms with E-state index in [9.17, 15) is 14.4 Å². The molecule has 3 amide bonds. The molecule has 3 rings (SSSR count). The molecule has 0 aliphatic carbocycles. The summed E-state index contributed by atoms with van der Waals surface area (Å²) in [5, 5.41) is 2.86. The SMILES string of the molecule is O=C(CCCCN1C(=O)CSC1=S)Nc1ccc(N2CCCC2=O)cc1. The van der Waals surface area contributed by atoms with Crippen molar-refractivity contribution in [1.82, 2.24) is 4.90 Å². The number of thiocarbonyl (C=S) groups is 1. The van der Waals surface area contributed by atoms with Crippen molar-refractivity contribution >= 4 is 57.4 Å². The van der Waals surface area contributed by atoms with Crippen molar-refractivity contribution < 1.29 is 14.4 Å². The summed E-state index contributed by atoms with van der Waals surface area (Å²) in [5.41, 5.74) is 1.59. The molecule has 2 fully saturated rings. The average Bonchev–Trinajstić information content (AvgIpc) is 3.19. The minimum absolute atomic E-state index is 0.0558. The van der Waals surface area contributed by atoms with E-state index in [0.29, 0.717) is 35.9 Å². The molecule has 2 aliphatic heterocycles. The Kier molecular flexibility index (Phi) is 6.26. The van der Waals surface area contributed by atoms with Gasteiger partial charge in [0.25, 0.3) is 0 Å². The fourth-order valence-electron chi connectivity index (χ4n) is 3.02. The molecule has 138 valence electrons. The molecule has 8 heteroatoms. The molecule has 26 heavy (non-hydrogen) atoms. The number of thioether (sulfide) groups is 1. The standard InChI is InChI=1S/C18H21N3O3S2/c22-15(4-1-2-10-21-17(24)12-26-18(21)25)19-13-6-8-14(9-7-13)20-11-3-5-16(20)23/h6-9H,1-5,10-12H2,(H,19,22). The molecular formula is C18H21N3O3S2. The van der Waals surface area contributed by atoms with Gasteiger partial charge in [-0.25, -0.2) is 0 Å². The van der Waals surface area contributed by atoms with E-state index in [1.54, 1.807) is 9.80 Å². The molecule has 0 unspecified atom stereocenters.